The van der Waals surface area contributed by atoms with Gasteiger partial charge < -0.3 is 9.26 Å². The molecule has 0 unspecified atom stereocenters. The van der Waals surface area contributed by atoms with Gasteiger partial charge >= 0.3 is 0 Å². The highest BCUT2D eigenvalue weighted by Crippen LogP contribution is 2.30. The Kier molecular flexibility index (Phi) is 5.03. The van der Waals surface area contributed by atoms with Crippen LogP contribution in [0.1, 0.15) is 24.3 Å². The lowest BCUT2D eigenvalue weighted by Crippen LogP contribution is -2.25. The summed E-state index contributed by atoms with van der Waals surface area (Å²) in [6, 6.07) is 14.7. The van der Waals surface area contributed by atoms with Crippen molar-refractivity contribution in [3.05, 3.63) is 70.1 Å². The van der Waals surface area contributed by atoms with Gasteiger partial charge in [-0.25, -0.2) is 0 Å². The fourth-order valence-corrected chi connectivity index (χ4v) is 3.06. The van der Waals surface area contributed by atoms with Gasteiger partial charge in [-0.3, -0.25) is 15.0 Å². The van der Waals surface area contributed by atoms with Gasteiger partial charge in [0.2, 0.25) is 11.7 Å². The molecule has 8 nitrogen and oxygen atoms in total. The molecular weight excluding hydrogens is 360 g/mol. The number of nitro groups is 1. The van der Waals surface area contributed by atoms with Gasteiger partial charge in [-0.05, 0) is 42.7 Å². The summed E-state index contributed by atoms with van der Waals surface area (Å²) in [4.78, 5) is 17.1. The largest absolute Gasteiger partial charge is 0.497 e. The van der Waals surface area contributed by atoms with E-state index in [0.29, 0.717) is 29.9 Å². The number of ether oxygens (including phenoxy) is 1. The SMILES string of the molecule is COc1ccc(CN(Cc2nc(-c3ccc([N+](=O)[O-])cc3)no2)C2CC2)cc1. The van der Waals surface area contributed by atoms with Crippen LogP contribution in [0.2, 0.25) is 0 Å². The lowest BCUT2D eigenvalue weighted by molar-refractivity contribution is -0.384. The quantitative estimate of drug-likeness (QED) is 0.433. The number of non-ortho nitro benzene ring substituents is 1. The highest BCUT2D eigenvalue weighted by molar-refractivity contribution is 5.56. The number of rotatable bonds is 8. The number of nitrogens with zero attached hydrogens (tertiary/aromatic N) is 4. The van der Waals surface area contributed by atoms with Crippen LogP contribution in [-0.4, -0.2) is 33.1 Å². The third kappa shape index (κ3) is 4.17. The van der Waals surface area contributed by atoms with Crippen molar-refractivity contribution in [2.75, 3.05) is 7.11 Å². The molecule has 1 saturated carbocycles. The van der Waals surface area contributed by atoms with E-state index in [1.54, 1.807) is 19.2 Å². The Labute approximate surface area is 161 Å². The minimum absolute atomic E-state index is 0.0341. The van der Waals surface area contributed by atoms with Crippen LogP contribution >= 0.6 is 0 Å². The third-order valence-corrected chi connectivity index (χ3v) is 4.75. The number of benzene rings is 2. The minimum Gasteiger partial charge on any atom is -0.497 e. The lowest BCUT2D eigenvalue weighted by atomic mass is 10.2. The molecule has 0 aliphatic heterocycles. The highest BCUT2D eigenvalue weighted by Gasteiger charge is 2.30. The van der Waals surface area contributed by atoms with Gasteiger partial charge in [0.25, 0.3) is 5.69 Å². The van der Waals surface area contributed by atoms with E-state index in [1.807, 2.05) is 12.1 Å². The summed E-state index contributed by atoms with van der Waals surface area (Å²) in [5, 5.41) is 14.8. The van der Waals surface area contributed by atoms with Crippen molar-refractivity contribution in [3.63, 3.8) is 0 Å². The maximum Gasteiger partial charge on any atom is 0.269 e. The van der Waals surface area contributed by atoms with Gasteiger partial charge in [0.1, 0.15) is 5.75 Å². The van der Waals surface area contributed by atoms with Crippen LogP contribution in [0.4, 0.5) is 5.69 Å². The fraction of sp³-hybridized carbons (Fsp3) is 0.300. The molecule has 144 valence electrons. The predicted octanol–water partition coefficient (Wildman–Crippen LogP) is 3.82. The van der Waals surface area contributed by atoms with Crippen molar-refractivity contribution in [1.29, 1.82) is 0 Å². The topological polar surface area (TPSA) is 94.5 Å². The average Bonchev–Trinajstić information content (AvgIpc) is 3.47. The Balaban J connectivity index is 1.45. The summed E-state index contributed by atoms with van der Waals surface area (Å²) in [6.45, 7) is 1.36. The number of aromatic nitrogens is 2. The molecule has 0 saturated heterocycles. The lowest BCUT2D eigenvalue weighted by Gasteiger charge is -2.20. The minimum atomic E-state index is -0.432. The van der Waals surface area contributed by atoms with E-state index in [9.17, 15) is 10.1 Å². The summed E-state index contributed by atoms with van der Waals surface area (Å²) in [7, 11) is 1.66. The van der Waals surface area contributed by atoms with Crippen molar-refractivity contribution in [2.45, 2.75) is 32.0 Å². The van der Waals surface area contributed by atoms with Gasteiger partial charge in [-0.1, -0.05) is 17.3 Å². The smallest absolute Gasteiger partial charge is 0.269 e. The van der Waals surface area contributed by atoms with Crippen LogP contribution in [0.5, 0.6) is 5.75 Å². The molecule has 0 spiro atoms. The van der Waals surface area contributed by atoms with Crippen molar-refractivity contribution in [3.8, 4) is 17.1 Å². The molecule has 0 amide bonds. The van der Waals surface area contributed by atoms with Crippen molar-refractivity contribution >= 4 is 5.69 Å². The van der Waals surface area contributed by atoms with Gasteiger partial charge in [0.05, 0.1) is 18.6 Å². The van der Waals surface area contributed by atoms with Crippen LogP contribution in [0.25, 0.3) is 11.4 Å². The first kappa shape index (κ1) is 18.1. The van der Waals surface area contributed by atoms with Gasteiger partial charge in [-0.15, -0.1) is 0 Å². The summed E-state index contributed by atoms with van der Waals surface area (Å²) in [6.07, 6.45) is 2.33. The Morgan fingerprint density at radius 2 is 1.86 bits per heavy atom. The van der Waals surface area contributed by atoms with Crippen LogP contribution in [0.3, 0.4) is 0 Å². The average molecular weight is 380 g/mol. The van der Waals surface area contributed by atoms with Crippen LogP contribution in [0.15, 0.2) is 53.1 Å². The Bertz CT molecular complexity index is 949. The number of methoxy groups -OCH3 is 1. The summed E-state index contributed by atoms with van der Waals surface area (Å²) in [5.74, 6) is 1.81. The second-order valence-corrected chi connectivity index (χ2v) is 6.80. The van der Waals surface area contributed by atoms with E-state index >= 15 is 0 Å². The van der Waals surface area contributed by atoms with Crippen molar-refractivity contribution in [2.24, 2.45) is 0 Å². The van der Waals surface area contributed by atoms with Crippen LogP contribution in [0, 0.1) is 10.1 Å². The summed E-state index contributed by atoms with van der Waals surface area (Å²) < 4.78 is 10.6. The molecule has 0 bridgehead atoms. The molecule has 3 aromatic rings. The first-order chi connectivity index (χ1) is 13.6. The fourth-order valence-electron chi connectivity index (χ4n) is 3.06. The first-order valence-corrected chi connectivity index (χ1v) is 9.07. The molecule has 28 heavy (non-hydrogen) atoms. The molecule has 1 aliphatic rings. The molecule has 1 fully saturated rings. The molecule has 4 rings (SSSR count). The molecule has 0 atom stereocenters. The van der Waals surface area contributed by atoms with E-state index < -0.39 is 4.92 Å². The Morgan fingerprint density at radius 1 is 1.14 bits per heavy atom. The van der Waals surface area contributed by atoms with Gasteiger partial charge in [0, 0.05) is 30.3 Å². The maximum atomic E-state index is 10.8. The predicted molar refractivity (Wildman–Crippen MR) is 102 cm³/mol. The van der Waals surface area contributed by atoms with E-state index in [1.165, 1.54) is 30.5 Å². The van der Waals surface area contributed by atoms with E-state index in [2.05, 4.69) is 27.2 Å². The van der Waals surface area contributed by atoms with Gasteiger partial charge in [0.15, 0.2) is 0 Å². The molecule has 2 aromatic carbocycles. The molecule has 0 radical (unpaired) electrons. The van der Waals surface area contributed by atoms with E-state index in [4.69, 9.17) is 9.26 Å². The van der Waals surface area contributed by atoms with Crippen LogP contribution in [-0.2, 0) is 13.1 Å². The Hall–Kier alpha value is -3.26. The molecule has 1 heterocycles. The zero-order chi connectivity index (χ0) is 19.5. The highest BCUT2D eigenvalue weighted by atomic mass is 16.6. The standard InChI is InChI=1S/C20H20N4O4/c1-27-18-10-2-14(3-11-18)12-23(16-8-9-16)13-19-21-20(22-28-19)15-4-6-17(7-5-15)24(25)26/h2-7,10-11,16H,8-9,12-13H2,1H3. The second-order valence-electron chi connectivity index (χ2n) is 6.80. The number of nitro benzene ring substituents is 1. The third-order valence-electron chi connectivity index (χ3n) is 4.75. The molecule has 8 heteroatoms. The Morgan fingerprint density at radius 3 is 2.46 bits per heavy atom. The van der Waals surface area contributed by atoms with Gasteiger partial charge in [-0.2, -0.15) is 4.98 Å². The van der Waals surface area contributed by atoms with E-state index in [-0.39, 0.29) is 5.69 Å². The van der Waals surface area contributed by atoms with Crippen LogP contribution < -0.4 is 4.74 Å². The van der Waals surface area contributed by atoms with Crippen molar-refractivity contribution in [1.82, 2.24) is 15.0 Å². The van der Waals surface area contributed by atoms with Crippen molar-refractivity contribution < 1.29 is 14.2 Å². The molecular formula is C20H20N4O4. The summed E-state index contributed by atoms with van der Waals surface area (Å²) >= 11 is 0. The monoisotopic (exact) mass is 380 g/mol. The normalized spacial score (nSPS) is 13.6. The zero-order valence-electron chi connectivity index (χ0n) is 15.4. The maximum absolute atomic E-state index is 10.8. The summed E-state index contributed by atoms with van der Waals surface area (Å²) in [5.41, 5.74) is 1.92. The molecule has 0 N–H and O–H groups in total. The molecule has 1 aliphatic carbocycles. The zero-order valence-corrected chi connectivity index (χ0v) is 15.4. The second kappa shape index (κ2) is 7.77. The number of hydrogen-bond acceptors (Lipinski definition) is 7. The van der Waals surface area contributed by atoms with E-state index in [0.717, 1.165) is 12.3 Å². The molecule has 1 aromatic heterocycles. The first-order valence-electron chi connectivity index (χ1n) is 9.07. The number of hydrogen-bond donors (Lipinski definition) is 0.